The molecule has 1 aromatic rings. The SMILES string of the molecule is C=CC(C)Oc1ccc(OC)cc1C=O. The Bertz CT molecular complexity index is 358. The van der Waals surface area contributed by atoms with E-state index in [0.29, 0.717) is 17.1 Å². The molecular formula is C12H14O3. The van der Waals surface area contributed by atoms with Crippen LogP contribution in [0, 0.1) is 0 Å². The van der Waals surface area contributed by atoms with Gasteiger partial charge in [0.2, 0.25) is 0 Å². The fraction of sp³-hybridized carbons (Fsp3) is 0.250. The van der Waals surface area contributed by atoms with Gasteiger partial charge in [0, 0.05) is 0 Å². The average Bonchev–Trinajstić information content (AvgIpc) is 2.29. The number of ether oxygens (including phenoxy) is 2. The van der Waals surface area contributed by atoms with Gasteiger partial charge in [0.05, 0.1) is 12.7 Å². The molecule has 0 amide bonds. The molecule has 1 atom stereocenters. The molecule has 0 aromatic heterocycles. The van der Waals surface area contributed by atoms with Crippen molar-refractivity contribution >= 4 is 6.29 Å². The smallest absolute Gasteiger partial charge is 0.153 e. The second kappa shape index (κ2) is 5.20. The standard InChI is InChI=1S/C12H14O3/c1-4-9(2)15-12-6-5-11(14-3)7-10(12)8-13/h4-9H,1H2,2-3H3. The molecule has 0 saturated carbocycles. The van der Waals surface area contributed by atoms with Crippen molar-refractivity contribution < 1.29 is 14.3 Å². The molecule has 1 unspecified atom stereocenters. The molecule has 0 N–H and O–H groups in total. The van der Waals surface area contributed by atoms with Crippen LogP contribution in [0.1, 0.15) is 17.3 Å². The van der Waals surface area contributed by atoms with Crippen LogP contribution in [0.15, 0.2) is 30.9 Å². The second-order valence-corrected chi connectivity index (χ2v) is 3.08. The zero-order valence-corrected chi connectivity index (χ0v) is 8.90. The Labute approximate surface area is 89.3 Å². The Kier molecular flexibility index (Phi) is 3.92. The molecule has 1 aromatic carbocycles. The van der Waals surface area contributed by atoms with Crippen molar-refractivity contribution in [2.24, 2.45) is 0 Å². The van der Waals surface area contributed by atoms with Gasteiger partial charge in [0.25, 0.3) is 0 Å². The van der Waals surface area contributed by atoms with Crippen molar-refractivity contribution in [3.05, 3.63) is 36.4 Å². The Morgan fingerprint density at radius 1 is 1.47 bits per heavy atom. The number of hydrogen-bond donors (Lipinski definition) is 0. The normalized spacial score (nSPS) is 11.6. The first-order valence-electron chi connectivity index (χ1n) is 4.63. The van der Waals surface area contributed by atoms with Gasteiger partial charge >= 0.3 is 0 Å². The van der Waals surface area contributed by atoms with E-state index in [1.54, 1.807) is 31.4 Å². The van der Waals surface area contributed by atoms with E-state index < -0.39 is 0 Å². The van der Waals surface area contributed by atoms with Crippen LogP contribution in [0.3, 0.4) is 0 Å². The lowest BCUT2D eigenvalue weighted by Crippen LogP contribution is -2.08. The molecule has 1 rings (SSSR count). The molecule has 0 spiro atoms. The fourth-order valence-electron chi connectivity index (χ4n) is 1.10. The van der Waals surface area contributed by atoms with Crippen molar-refractivity contribution in [3.63, 3.8) is 0 Å². The monoisotopic (exact) mass is 206 g/mol. The zero-order chi connectivity index (χ0) is 11.3. The first-order valence-corrected chi connectivity index (χ1v) is 4.63. The van der Waals surface area contributed by atoms with E-state index in [1.165, 1.54) is 0 Å². The van der Waals surface area contributed by atoms with Crippen molar-refractivity contribution in [1.29, 1.82) is 0 Å². The van der Waals surface area contributed by atoms with E-state index in [1.807, 2.05) is 6.92 Å². The molecule has 3 nitrogen and oxygen atoms in total. The lowest BCUT2D eigenvalue weighted by atomic mass is 10.2. The topological polar surface area (TPSA) is 35.5 Å². The molecular weight excluding hydrogens is 192 g/mol. The summed E-state index contributed by atoms with van der Waals surface area (Å²) in [6.07, 6.45) is 2.28. The van der Waals surface area contributed by atoms with Gasteiger partial charge in [-0.15, -0.1) is 0 Å². The molecule has 0 aliphatic rings. The number of benzene rings is 1. The number of carbonyl (C=O) groups excluding carboxylic acids is 1. The number of aldehydes is 1. The highest BCUT2D eigenvalue weighted by molar-refractivity contribution is 5.80. The van der Waals surface area contributed by atoms with E-state index in [4.69, 9.17) is 9.47 Å². The summed E-state index contributed by atoms with van der Waals surface area (Å²) in [7, 11) is 1.55. The molecule has 0 heterocycles. The number of rotatable bonds is 5. The van der Waals surface area contributed by atoms with Gasteiger partial charge < -0.3 is 9.47 Å². The zero-order valence-electron chi connectivity index (χ0n) is 8.90. The quantitative estimate of drug-likeness (QED) is 0.548. The van der Waals surface area contributed by atoms with E-state index in [0.717, 1.165) is 6.29 Å². The summed E-state index contributed by atoms with van der Waals surface area (Å²) in [5.41, 5.74) is 0.475. The third kappa shape index (κ3) is 2.84. The first-order chi connectivity index (χ1) is 7.21. The van der Waals surface area contributed by atoms with Crippen LogP contribution < -0.4 is 9.47 Å². The molecule has 80 valence electrons. The molecule has 0 aliphatic carbocycles. The predicted molar refractivity (Wildman–Crippen MR) is 58.7 cm³/mol. The van der Waals surface area contributed by atoms with Crippen molar-refractivity contribution in [2.75, 3.05) is 7.11 Å². The average molecular weight is 206 g/mol. The van der Waals surface area contributed by atoms with Gasteiger partial charge in [0.1, 0.15) is 17.6 Å². The summed E-state index contributed by atoms with van der Waals surface area (Å²) in [5.74, 6) is 1.17. The van der Waals surface area contributed by atoms with Crippen molar-refractivity contribution in [2.45, 2.75) is 13.0 Å². The Balaban J connectivity index is 2.96. The van der Waals surface area contributed by atoms with Crippen LogP contribution in [0.25, 0.3) is 0 Å². The van der Waals surface area contributed by atoms with E-state index in [9.17, 15) is 4.79 Å². The summed E-state index contributed by atoms with van der Waals surface area (Å²) in [4.78, 5) is 10.8. The Hall–Kier alpha value is -1.77. The molecule has 0 bridgehead atoms. The second-order valence-electron chi connectivity index (χ2n) is 3.08. The minimum Gasteiger partial charge on any atom is -0.497 e. The molecule has 15 heavy (non-hydrogen) atoms. The minimum absolute atomic E-state index is 0.128. The molecule has 0 radical (unpaired) electrons. The highest BCUT2D eigenvalue weighted by atomic mass is 16.5. The molecule has 3 heteroatoms. The minimum atomic E-state index is -0.128. The van der Waals surface area contributed by atoms with E-state index in [-0.39, 0.29) is 6.10 Å². The maximum absolute atomic E-state index is 10.8. The summed E-state index contributed by atoms with van der Waals surface area (Å²) in [6, 6.07) is 5.10. The van der Waals surface area contributed by atoms with Crippen LogP contribution in [-0.4, -0.2) is 19.5 Å². The van der Waals surface area contributed by atoms with E-state index >= 15 is 0 Å². The summed E-state index contributed by atoms with van der Waals surface area (Å²) in [6.45, 7) is 5.46. The largest absolute Gasteiger partial charge is 0.497 e. The number of hydrogen-bond acceptors (Lipinski definition) is 3. The predicted octanol–water partition coefficient (Wildman–Crippen LogP) is 2.46. The van der Waals surface area contributed by atoms with Gasteiger partial charge in [-0.1, -0.05) is 12.7 Å². The number of carbonyl (C=O) groups is 1. The maximum Gasteiger partial charge on any atom is 0.153 e. The summed E-state index contributed by atoms with van der Waals surface area (Å²) in [5, 5.41) is 0. The van der Waals surface area contributed by atoms with Crippen LogP contribution >= 0.6 is 0 Å². The lowest BCUT2D eigenvalue weighted by molar-refractivity contribution is 0.111. The van der Waals surface area contributed by atoms with Gasteiger partial charge in [-0.2, -0.15) is 0 Å². The van der Waals surface area contributed by atoms with Crippen LogP contribution in [-0.2, 0) is 0 Å². The summed E-state index contributed by atoms with van der Waals surface area (Å²) >= 11 is 0. The highest BCUT2D eigenvalue weighted by Crippen LogP contribution is 2.23. The summed E-state index contributed by atoms with van der Waals surface area (Å²) < 4.78 is 10.5. The van der Waals surface area contributed by atoms with Crippen LogP contribution in [0.4, 0.5) is 0 Å². The third-order valence-electron chi connectivity index (χ3n) is 1.99. The van der Waals surface area contributed by atoms with Gasteiger partial charge in [-0.3, -0.25) is 4.79 Å². The van der Waals surface area contributed by atoms with Crippen molar-refractivity contribution in [1.82, 2.24) is 0 Å². The van der Waals surface area contributed by atoms with E-state index in [2.05, 4.69) is 6.58 Å². The molecule has 0 saturated heterocycles. The maximum atomic E-state index is 10.8. The van der Waals surface area contributed by atoms with Crippen molar-refractivity contribution in [3.8, 4) is 11.5 Å². The van der Waals surface area contributed by atoms with Gasteiger partial charge in [-0.25, -0.2) is 0 Å². The first kappa shape index (κ1) is 11.3. The van der Waals surface area contributed by atoms with Crippen LogP contribution in [0.2, 0.25) is 0 Å². The number of methoxy groups -OCH3 is 1. The van der Waals surface area contributed by atoms with Gasteiger partial charge in [-0.05, 0) is 25.1 Å². The van der Waals surface area contributed by atoms with Gasteiger partial charge in [0.15, 0.2) is 6.29 Å². The highest BCUT2D eigenvalue weighted by Gasteiger charge is 2.06. The lowest BCUT2D eigenvalue weighted by Gasteiger charge is -2.12. The van der Waals surface area contributed by atoms with Crippen LogP contribution in [0.5, 0.6) is 11.5 Å². The molecule has 0 fully saturated rings. The Morgan fingerprint density at radius 2 is 2.20 bits per heavy atom. The fourth-order valence-corrected chi connectivity index (χ4v) is 1.10. The molecule has 0 aliphatic heterocycles. The Morgan fingerprint density at radius 3 is 2.73 bits per heavy atom. The third-order valence-corrected chi connectivity index (χ3v) is 1.99.